The second kappa shape index (κ2) is 18.9. The number of nitrogens with one attached hydrogen (secondary N) is 1. The number of fused-ring (bicyclic) bond motifs is 15. The quantitative estimate of drug-likeness (QED) is 0.105. The van der Waals surface area contributed by atoms with Gasteiger partial charge in [-0.3, -0.25) is 24.3 Å². The van der Waals surface area contributed by atoms with Gasteiger partial charge in [0.2, 0.25) is 0 Å². The lowest BCUT2D eigenvalue weighted by Gasteiger charge is -2.42. The van der Waals surface area contributed by atoms with Crippen molar-refractivity contribution in [3.8, 4) is 23.0 Å². The van der Waals surface area contributed by atoms with Crippen LogP contribution in [0.3, 0.4) is 0 Å². The molecule has 0 saturated carbocycles. The summed E-state index contributed by atoms with van der Waals surface area (Å²) in [5.74, 6) is -6.30. The number of phenols is 3. The van der Waals surface area contributed by atoms with Crippen molar-refractivity contribution < 1.29 is 58.9 Å². The van der Waals surface area contributed by atoms with Crippen LogP contribution in [0.1, 0.15) is 70.0 Å². The maximum atomic E-state index is 14.5. The number of hydrogen-bond acceptors (Lipinski definition) is 16. The highest BCUT2D eigenvalue weighted by Crippen LogP contribution is 2.55. The van der Waals surface area contributed by atoms with E-state index in [-0.39, 0.29) is 50.5 Å². The minimum absolute atomic E-state index is 0.0613. The lowest BCUT2D eigenvalue weighted by Crippen LogP contribution is -2.55. The fourth-order valence-corrected chi connectivity index (χ4v) is 9.97. The van der Waals surface area contributed by atoms with Gasteiger partial charge in [-0.05, 0) is 19.9 Å². The number of nitrogens with zero attached hydrogens (tertiary/aromatic N) is 3. The van der Waals surface area contributed by atoms with Crippen molar-refractivity contribution in [1.29, 1.82) is 0 Å². The Morgan fingerprint density at radius 1 is 0.984 bits per heavy atom. The zero-order chi connectivity index (χ0) is 45.4. The molecule has 2 aromatic rings. The predicted octanol–water partition coefficient (Wildman–Crippen LogP) is 4.82. The van der Waals surface area contributed by atoms with Gasteiger partial charge in [0, 0.05) is 98.3 Å². The molecule has 6 N–H and O–H groups in total. The molecule has 2 fully saturated rings. The number of hydrazone groups is 1. The second-order valence-electron chi connectivity index (χ2n) is 17.0. The third-order valence-electron chi connectivity index (χ3n) is 12.8. The van der Waals surface area contributed by atoms with Crippen LogP contribution in [-0.4, -0.2) is 140 Å². The Bertz CT molecular complexity index is 2190. The molecule has 5 heterocycles. The van der Waals surface area contributed by atoms with Crippen molar-refractivity contribution in [2.24, 2.45) is 28.8 Å². The van der Waals surface area contributed by atoms with E-state index in [2.05, 4.69) is 10.2 Å². The minimum atomic E-state index is -2.04. The van der Waals surface area contributed by atoms with E-state index in [0.717, 1.165) is 24.6 Å². The molecule has 16 nitrogen and oxygen atoms in total. The average Bonchev–Trinajstić information content (AvgIpc) is 3.51. The third-order valence-corrected chi connectivity index (χ3v) is 13.9. The first-order valence-electron chi connectivity index (χ1n) is 21.0. The van der Waals surface area contributed by atoms with Gasteiger partial charge in [0.1, 0.15) is 23.4 Å². The average molecular weight is 881 g/mol. The van der Waals surface area contributed by atoms with Crippen LogP contribution in [-0.2, 0) is 23.8 Å². The number of carbonyl (C=O) groups excluding carboxylic acids is 3. The number of methoxy groups -OCH3 is 1. The Morgan fingerprint density at radius 3 is 2.40 bits per heavy atom. The van der Waals surface area contributed by atoms with E-state index in [9.17, 15) is 39.9 Å². The van der Waals surface area contributed by atoms with E-state index < -0.39 is 88.8 Å². The zero-order valence-electron chi connectivity index (χ0n) is 36.7. The summed E-state index contributed by atoms with van der Waals surface area (Å²) in [6, 6.07) is 0.268. The molecular weight excluding hydrogens is 821 g/mol. The normalized spacial score (nSPS) is 33.4. The number of aliphatic hydroxyl groups is 2. The van der Waals surface area contributed by atoms with E-state index >= 15 is 0 Å². The van der Waals surface area contributed by atoms with Crippen molar-refractivity contribution in [1.82, 2.24) is 9.91 Å². The fourth-order valence-electron chi connectivity index (χ4n) is 8.85. The Kier molecular flexibility index (Phi) is 14.2. The molecule has 2 aromatic carbocycles. The summed E-state index contributed by atoms with van der Waals surface area (Å²) in [5, 5.41) is 67.6. The predicted molar refractivity (Wildman–Crippen MR) is 236 cm³/mol. The molecule has 0 aromatic heterocycles. The number of aliphatic hydroxyl groups excluding tert-OH is 2. The molecule has 0 aliphatic carbocycles. The number of piperazine rings is 1. The number of ketones is 1. The molecule has 7 rings (SSSR count). The highest BCUT2D eigenvalue weighted by Gasteiger charge is 2.50. The number of ether oxygens (including phenoxy) is 4. The number of anilines is 1. The van der Waals surface area contributed by atoms with Crippen LogP contribution in [0.2, 0.25) is 0 Å². The zero-order valence-corrected chi connectivity index (χ0v) is 37.6. The van der Waals surface area contributed by atoms with Crippen LogP contribution >= 0.6 is 11.8 Å². The molecule has 1 amide bonds. The van der Waals surface area contributed by atoms with Gasteiger partial charge in [0.15, 0.2) is 5.75 Å². The van der Waals surface area contributed by atoms with Gasteiger partial charge in [-0.25, -0.2) is 0 Å². The minimum Gasteiger partial charge on any atom is -0.507 e. The summed E-state index contributed by atoms with van der Waals surface area (Å²) < 4.78 is 23.7. The maximum absolute atomic E-state index is 14.5. The molecule has 1 unspecified atom stereocenters. The summed E-state index contributed by atoms with van der Waals surface area (Å²) in [7, 11) is 1.44. The van der Waals surface area contributed by atoms with Gasteiger partial charge in [0.25, 0.3) is 11.7 Å². The topological polar surface area (TPSA) is 220 Å². The van der Waals surface area contributed by atoms with Gasteiger partial charge in [0.05, 0.1) is 59.5 Å². The summed E-state index contributed by atoms with van der Waals surface area (Å²) in [4.78, 5) is 43.2. The van der Waals surface area contributed by atoms with E-state index in [1.807, 2.05) is 16.8 Å². The number of aromatic hydroxyl groups is 3. The number of allylic oxidation sites excluding steroid dienone is 2. The summed E-state index contributed by atoms with van der Waals surface area (Å²) in [6.07, 6.45) is 4.95. The van der Waals surface area contributed by atoms with E-state index in [4.69, 9.17) is 24.0 Å². The molecule has 2 saturated heterocycles. The molecular formula is C45H60N4O12S. The molecule has 10 atom stereocenters. The molecule has 0 spiro atoms. The standard InChI is InChI=1S/C45H60N4O12S/c1-22-11-10-12-23(2)44(57)47-35-30(19-46-49-15-14-48-16-18-62-21-29(48)20-49)39(54)32-33(40(35)55)38(53)27(6)42-34(32)43(56)45(8,61-42)59-17-13-31(58-9)24(3)41(60-28(7)50)26(5)37(52)25(4)36(22)51/h10-13,17,19,22,24-26,29,31,36-37,41,51-55H,14-16,18,20-21H2,1-9H3,(H,47,57)/b11-10+,17-13+,23-12-,46-19-/t22-,24-,25-,26-,29?,31+,36+,37+,41-,45+/m1/s1. The van der Waals surface area contributed by atoms with Gasteiger partial charge in [-0.1, -0.05) is 45.9 Å². The maximum Gasteiger partial charge on any atom is 0.312 e. The first-order valence-corrected chi connectivity index (χ1v) is 22.1. The number of Topliss-reactive ketones (excluding diaryl/α,β-unsaturated/α-hetero) is 1. The first kappa shape index (κ1) is 46.7. The van der Waals surface area contributed by atoms with Crippen LogP contribution in [0.4, 0.5) is 5.69 Å². The smallest absolute Gasteiger partial charge is 0.312 e. The van der Waals surface area contributed by atoms with E-state index in [1.54, 1.807) is 39.8 Å². The van der Waals surface area contributed by atoms with Gasteiger partial charge in [-0.2, -0.15) is 16.9 Å². The van der Waals surface area contributed by atoms with Crippen LogP contribution in [0.25, 0.3) is 10.8 Å². The van der Waals surface area contributed by atoms with Crippen LogP contribution in [0, 0.1) is 30.6 Å². The number of carbonyl (C=O) groups is 3. The molecule has 0 radical (unpaired) electrons. The first-order chi connectivity index (χ1) is 29.3. The highest BCUT2D eigenvalue weighted by molar-refractivity contribution is 7.99. The van der Waals surface area contributed by atoms with Gasteiger partial charge in [-0.15, -0.1) is 0 Å². The number of amides is 1. The Morgan fingerprint density at radius 2 is 1.71 bits per heavy atom. The van der Waals surface area contributed by atoms with Crippen LogP contribution < -0.4 is 10.1 Å². The number of hydrogen-bond donors (Lipinski definition) is 6. The Hall–Kier alpha value is -4.81. The largest absolute Gasteiger partial charge is 0.507 e. The number of thioether (sulfide) groups is 1. The van der Waals surface area contributed by atoms with E-state index in [1.165, 1.54) is 59.4 Å². The molecule has 62 heavy (non-hydrogen) atoms. The summed E-state index contributed by atoms with van der Waals surface area (Å²) in [6.45, 7) is 15.6. The molecule has 5 aliphatic heterocycles. The third kappa shape index (κ3) is 9.00. The SMILES string of the molecule is CO[C@H]1/C=C/O[C@@]2(C)Oc3c(C)c(O)c4c(O)c(c(/C=N\N5CCN6CCSCC6C5)c(O)c4c3C2=O)NC(=O)/C(C)=C\C=C\[C@@H](C)[C@H](O)[C@@H](C)[C@H](O)[C@@H](C)[C@H](OC(C)=O)[C@@H]1C. The Balaban J connectivity index is 1.50. The van der Waals surface area contributed by atoms with E-state index in [0.29, 0.717) is 13.1 Å². The van der Waals surface area contributed by atoms with Crippen molar-refractivity contribution in [3.05, 3.63) is 52.8 Å². The number of phenolic OH excluding ortho intramolecular Hbond substituents is 3. The number of benzene rings is 2. The monoisotopic (exact) mass is 880 g/mol. The number of esters is 1. The van der Waals surface area contributed by atoms with Crippen molar-refractivity contribution in [3.63, 3.8) is 0 Å². The van der Waals surface area contributed by atoms with Crippen molar-refractivity contribution >= 4 is 52.1 Å². The Labute approximate surface area is 366 Å². The second-order valence-corrected chi connectivity index (χ2v) is 18.2. The van der Waals surface area contributed by atoms with Crippen molar-refractivity contribution in [2.45, 2.75) is 91.6 Å². The van der Waals surface area contributed by atoms with Crippen LogP contribution in [0.15, 0.2) is 41.2 Å². The lowest BCUT2D eigenvalue weighted by molar-refractivity contribution is -0.160. The molecule has 5 aliphatic rings. The summed E-state index contributed by atoms with van der Waals surface area (Å²) in [5.41, 5.74) is -0.304. The summed E-state index contributed by atoms with van der Waals surface area (Å²) >= 11 is 1.87. The van der Waals surface area contributed by atoms with Gasteiger partial charge >= 0.3 is 11.8 Å². The van der Waals surface area contributed by atoms with Crippen molar-refractivity contribution in [2.75, 3.05) is 50.1 Å². The fraction of sp³-hybridized carbons (Fsp3) is 0.556. The van der Waals surface area contributed by atoms with Gasteiger partial charge < -0.3 is 49.8 Å². The molecule has 338 valence electrons. The lowest BCUT2D eigenvalue weighted by atomic mass is 9.78. The number of rotatable bonds is 4. The molecule has 17 heteroatoms. The highest BCUT2D eigenvalue weighted by atomic mass is 32.2. The molecule has 5 bridgehead atoms. The van der Waals surface area contributed by atoms with Crippen LogP contribution in [0.5, 0.6) is 23.0 Å².